The van der Waals surface area contributed by atoms with Crippen LogP contribution in [0.2, 0.25) is 0 Å². The quantitative estimate of drug-likeness (QED) is 0.207. The summed E-state index contributed by atoms with van der Waals surface area (Å²) in [6.45, 7) is 4.23. The molecule has 0 radical (unpaired) electrons. The van der Waals surface area contributed by atoms with Crippen molar-refractivity contribution >= 4 is 27.5 Å². The van der Waals surface area contributed by atoms with Crippen LogP contribution >= 0.6 is 0 Å². The summed E-state index contributed by atoms with van der Waals surface area (Å²) in [5, 5.41) is 22.8. The van der Waals surface area contributed by atoms with Crippen LogP contribution in [0.4, 0.5) is 14.6 Å². The van der Waals surface area contributed by atoms with Gasteiger partial charge in [-0.2, -0.15) is 9.97 Å². The number of aromatic hydroxyl groups is 1. The number of hydrogen-bond acceptors (Lipinski definition) is 9. The van der Waals surface area contributed by atoms with E-state index in [4.69, 9.17) is 25.9 Å². The van der Waals surface area contributed by atoms with E-state index < -0.39 is 17.2 Å². The van der Waals surface area contributed by atoms with Gasteiger partial charge in [0.1, 0.15) is 28.6 Å². The molecule has 1 saturated carbocycles. The normalized spacial score (nSPS) is 30.5. The lowest BCUT2D eigenvalue weighted by molar-refractivity contribution is -0.0798. The second-order valence-corrected chi connectivity index (χ2v) is 16.2. The Hall–Kier alpha value is -4.11. The van der Waals surface area contributed by atoms with E-state index in [9.17, 15) is 14.6 Å². The molecule has 0 spiro atoms. The average Bonchev–Trinajstić information content (AvgIpc) is 3.72. The molecule has 2 aromatic heterocycles. The molecule has 2 N–H and O–H groups in total. The van der Waals surface area contributed by atoms with Gasteiger partial charge >= 0.3 is 6.01 Å². The number of phenolic OH excluding ortho intramolecular Hbond substituents is 1. The molecule has 5 aliphatic rings. The molecule has 0 amide bonds. The van der Waals surface area contributed by atoms with E-state index >= 15 is 4.39 Å². The maximum absolute atomic E-state index is 17.0. The molecular weight excluding hydrogens is 664 g/mol. The zero-order valence-corrected chi connectivity index (χ0v) is 29.6. The van der Waals surface area contributed by atoms with Gasteiger partial charge < -0.3 is 24.6 Å². The number of fused-ring (bicyclic) bond motifs is 5. The molecule has 1 aliphatic carbocycles. The monoisotopic (exact) mass is 709 g/mol. The van der Waals surface area contributed by atoms with Crippen molar-refractivity contribution in [3.8, 4) is 35.4 Å². The highest BCUT2D eigenvalue weighted by Gasteiger charge is 2.51. The van der Waals surface area contributed by atoms with Crippen LogP contribution in [0.25, 0.3) is 32.9 Å². The minimum absolute atomic E-state index is 0.00575. The first-order valence-corrected chi connectivity index (χ1v) is 18.9. The van der Waals surface area contributed by atoms with Crippen LogP contribution in [0, 0.1) is 29.4 Å². The molecule has 5 atom stereocenters. The third-order valence-corrected chi connectivity index (χ3v) is 12.6. The fourth-order valence-electron chi connectivity index (χ4n) is 10.4. The fourth-order valence-corrected chi connectivity index (χ4v) is 10.4. The topological polar surface area (TPSA) is 104 Å². The summed E-state index contributed by atoms with van der Waals surface area (Å²) in [7, 11) is 0. The van der Waals surface area contributed by atoms with Crippen LogP contribution in [0.15, 0.2) is 30.5 Å². The van der Waals surface area contributed by atoms with Crippen molar-refractivity contribution in [1.29, 1.82) is 0 Å². The molecule has 5 fully saturated rings. The van der Waals surface area contributed by atoms with Crippen molar-refractivity contribution in [3.63, 3.8) is 0 Å². The number of aliphatic hydroxyl groups is 1. The Labute approximate surface area is 302 Å². The van der Waals surface area contributed by atoms with Crippen LogP contribution in [-0.4, -0.2) is 86.2 Å². The van der Waals surface area contributed by atoms with Gasteiger partial charge in [-0.3, -0.25) is 9.88 Å². The Kier molecular flexibility index (Phi) is 8.29. The van der Waals surface area contributed by atoms with Crippen molar-refractivity contribution in [2.24, 2.45) is 5.41 Å². The lowest BCUT2D eigenvalue weighted by Gasteiger charge is -2.50. The summed E-state index contributed by atoms with van der Waals surface area (Å²) >= 11 is 0. The summed E-state index contributed by atoms with van der Waals surface area (Å²) in [5.74, 6) is 1.31. The number of piperidine rings is 2. The minimum atomic E-state index is -0.955. The number of β-amino-alcohol motifs (C(OH)–C–C–N with tert-alkyl or cyclic N) is 1. The first-order chi connectivity index (χ1) is 25.1. The number of benzene rings is 2. The van der Waals surface area contributed by atoms with Gasteiger partial charge in [-0.25, -0.2) is 8.78 Å². The van der Waals surface area contributed by atoms with E-state index in [1.54, 1.807) is 6.92 Å². The predicted molar refractivity (Wildman–Crippen MR) is 194 cm³/mol. The number of anilines is 1. The molecule has 11 heteroatoms. The molecule has 6 heterocycles. The lowest BCUT2D eigenvalue weighted by atomic mass is 9.74. The minimum Gasteiger partial charge on any atom is -0.508 e. The van der Waals surface area contributed by atoms with E-state index in [1.807, 2.05) is 4.90 Å². The van der Waals surface area contributed by atoms with Gasteiger partial charge in [0, 0.05) is 47.7 Å². The van der Waals surface area contributed by atoms with Gasteiger partial charge in [0.25, 0.3) is 0 Å². The van der Waals surface area contributed by atoms with E-state index in [1.165, 1.54) is 43.3 Å². The molecule has 4 saturated heterocycles. The highest BCUT2D eigenvalue weighted by Crippen LogP contribution is 2.50. The van der Waals surface area contributed by atoms with Crippen LogP contribution < -0.4 is 9.64 Å². The van der Waals surface area contributed by atoms with E-state index in [-0.39, 0.29) is 44.9 Å². The molecule has 4 aliphatic heterocycles. The van der Waals surface area contributed by atoms with Crippen molar-refractivity contribution in [2.45, 2.75) is 107 Å². The SMILES string of the molecule is C#Cc1c(F)ccc2cc(O)cc(-c3ncc4c(N5CCC[C@@](C)(O)C5)nc(OC[C@]56CCC[C@H]5N(C5CC7CCC(C5)O7)CCC6)nc4c3F)c12. The first-order valence-electron chi connectivity index (χ1n) is 18.9. The number of pyridine rings is 1. The summed E-state index contributed by atoms with van der Waals surface area (Å²) in [4.78, 5) is 18.8. The van der Waals surface area contributed by atoms with E-state index in [0.29, 0.717) is 67.0 Å². The van der Waals surface area contributed by atoms with E-state index in [2.05, 4.69) is 15.8 Å². The highest BCUT2D eigenvalue weighted by molar-refractivity contribution is 6.03. The van der Waals surface area contributed by atoms with Crippen molar-refractivity contribution < 1.29 is 28.5 Å². The van der Waals surface area contributed by atoms with Crippen LogP contribution in [0.5, 0.6) is 11.8 Å². The standard InChI is InChI=1S/C41H45F2N5O4/c1-3-29-32(42)11-8-24-17-26(49)20-30(34(24)29)36-35(43)37-31(21-44-36)38(47-15-5-12-40(2,50)22-47)46-39(45-37)51-23-41-13-4-7-33(41)48(16-6-14-41)25-18-27-9-10-28(19-25)52-27/h1,8,11,17,20-21,25,27-28,33,49-50H,4-7,9-10,12-16,18-19,22-23H2,2H3/t25?,27?,28?,33-,40-,41-/m1/s1. The molecule has 4 aromatic rings. The zero-order valence-electron chi connectivity index (χ0n) is 29.6. The van der Waals surface area contributed by atoms with Gasteiger partial charge in [-0.05, 0) is 101 Å². The smallest absolute Gasteiger partial charge is 0.319 e. The number of nitrogens with zero attached hydrogens (tertiary/aromatic N) is 5. The largest absolute Gasteiger partial charge is 0.508 e. The summed E-state index contributed by atoms with van der Waals surface area (Å²) < 4.78 is 44.8. The fraction of sp³-hybridized carbons (Fsp3) is 0.537. The number of phenols is 1. The number of terminal acetylenes is 1. The number of aromatic nitrogens is 3. The molecule has 52 heavy (non-hydrogen) atoms. The number of halogens is 2. The third kappa shape index (κ3) is 5.74. The van der Waals surface area contributed by atoms with Crippen LogP contribution in [0.1, 0.15) is 83.1 Å². The summed E-state index contributed by atoms with van der Waals surface area (Å²) in [6.07, 6.45) is 19.4. The van der Waals surface area contributed by atoms with E-state index in [0.717, 1.165) is 57.9 Å². The van der Waals surface area contributed by atoms with Gasteiger partial charge in [-0.1, -0.05) is 18.4 Å². The molecule has 272 valence electrons. The molecule has 2 aromatic carbocycles. The van der Waals surface area contributed by atoms with Crippen molar-refractivity contribution in [3.05, 3.63) is 47.7 Å². The number of likely N-dealkylation sites (tertiary alicyclic amines) is 1. The Morgan fingerprint density at radius 2 is 1.83 bits per heavy atom. The highest BCUT2D eigenvalue weighted by atomic mass is 19.1. The van der Waals surface area contributed by atoms with Crippen LogP contribution in [0.3, 0.4) is 0 Å². The van der Waals surface area contributed by atoms with Crippen molar-refractivity contribution in [1.82, 2.24) is 19.9 Å². The Morgan fingerprint density at radius 1 is 1.04 bits per heavy atom. The number of hydrogen-bond donors (Lipinski definition) is 2. The summed E-state index contributed by atoms with van der Waals surface area (Å²) in [6, 6.07) is 6.53. The Balaban J connectivity index is 1.11. The molecule has 2 bridgehead atoms. The zero-order chi connectivity index (χ0) is 35.8. The third-order valence-electron chi connectivity index (χ3n) is 12.6. The summed E-state index contributed by atoms with van der Waals surface area (Å²) in [5.41, 5.74) is -1.03. The maximum atomic E-state index is 17.0. The van der Waals surface area contributed by atoms with Crippen molar-refractivity contribution in [2.75, 3.05) is 31.1 Å². The second kappa shape index (κ2) is 12.8. The Morgan fingerprint density at radius 3 is 2.62 bits per heavy atom. The molecule has 2 unspecified atom stereocenters. The molecule has 9 nitrogen and oxygen atoms in total. The van der Waals surface area contributed by atoms with Gasteiger partial charge in [-0.15, -0.1) is 6.42 Å². The molecular formula is C41H45F2N5O4. The van der Waals surface area contributed by atoms with Gasteiger partial charge in [0.15, 0.2) is 5.82 Å². The number of rotatable bonds is 6. The predicted octanol–water partition coefficient (Wildman–Crippen LogP) is 6.88. The van der Waals surface area contributed by atoms with Gasteiger partial charge in [0.2, 0.25) is 0 Å². The lowest BCUT2D eigenvalue weighted by Crippen LogP contribution is -2.57. The molecule has 9 rings (SSSR count). The second-order valence-electron chi connectivity index (χ2n) is 16.2. The maximum Gasteiger partial charge on any atom is 0.319 e. The number of ether oxygens (including phenoxy) is 2. The van der Waals surface area contributed by atoms with Gasteiger partial charge in [0.05, 0.1) is 35.4 Å². The first kappa shape index (κ1) is 33.7. The van der Waals surface area contributed by atoms with Crippen LogP contribution in [-0.2, 0) is 4.74 Å². The Bertz CT molecular complexity index is 2090. The average molecular weight is 710 g/mol.